The Labute approximate surface area is 197 Å². The lowest BCUT2D eigenvalue weighted by atomic mass is 10.1. The second-order valence-corrected chi connectivity index (χ2v) is 8.89. The summed E-state index contributed by atoms with van der Waals surface area (Å²) in [5.74, 6) is 0.841. The maximum atomic E-state index is 12.5. The van der Waals surface area contributed by atoms with Crippen molar-refractivity contribution in [3.8, 4) is 22.6 Å². The van der Waals surface area contributed by atoms with Gasteiger partial charge in [-0.2, -0.15) is 0 Å². The largest absolute Gasteiger partial charge is 0.431 e. The van der Waals surface area contributed by atoms with E-state index < -0.39 is 0 Å². The third-order valence-corrected chi connectivity index (χ3v) is 6.47. The van der Waals surface area contributed by atoms with Crippen molar-refractivity contribution < 1.29 is 9.21 Å². The smallest absolute Gasteiger partial charge is 0.257 e. The third kappa shape index (κ3) is 5.12. The van der Waals surface area contributed by atoms with E-state index >= 15 is 0 Å². The zero-order valence-electron chi connectivity index (χ0n) is 18.2. The van der Waals surface area contributed by atoms with Crippen LogP contribution in [0.3, 0.4) is 0 Å². The molecule has 3 aromatic carbocycles. The summed E-state index contributed by atoms with van der Waals surface area (Å²) in [6.07, 6.45) is 2.49. The van der Waals surface area contributed by atoms with Crippen molar-refractivity contribution >= 4 is 29.0 Å². The van der Waals surface area contributed by atoms with Gasteiger partial charge < -0.3 is 14.6 Å². The van der Waals surface area contributed by atoms with E-state index in [1.54, 1.807) is 0 Å². The number of aromatic nitrogens is 1. The van der Waals surface area contributed by atoms with E-state index in [0.29, 0.717) is 11.0 Å². The third-order valence-electron chi connectivity index (χ3n) is 5.64. The fourth-order valence-corrected chi connectivity index (χ4v) is 4.62. The van der Waals surface area contributed by atoms with Gasteiger partial charge in [0.05, 0.1) is 5.75 Å². The number of rotatable bonds is 7. The van der Waals surface area contributed by atoms with E-state index in [1.165, 1.54) is 30.3 Å². The topological polar surface area (TPSA) is 58.4 Å². The van der Waals surface area contributed by atoms with Crippen molar-refractivity contribution in [1.29, 1.82) is 0 Å². The van der Waals surface area contributed by atoms with Crippen LogP contribution in [-0.4, -0.2) is 29.7 Å². The molecular weight excluding hydrogens is 430 g/mol. The molecule has 5 rings (SSSR count). The lowest BCUT2D eigenvalue weighted by Crippen LogP contribution is -2.18. The van der Waals surface area contributed by atoms with Crippen LogP contribution in [0.1, 0.15) is 12.8 Å². The van der Waals surface area contributed by atoms with Crippen LogP contribution in [-0.2, 0) is 4.79 Å². The Hall–Kier alpha value is -3.51. The van der Waals surface area contributed by atoms with Crippen molar-refractivity contribution in [2.45, 2.75) is 18.1 Å². The molecule has 2 heterocycles. The zero-order chi connectivity index (χ0) is 22.5. The van der Waals surface area contributed by atoms with Crippen LogP contribution in [0.2, 0.25) is 0 Å². The van der Waals surface area contributed by atoms with Gasteiger partial charge >= 0.3 is 0 Å². The Morgan fingerprint density at radius 2 is 1.52 bits per heavy atom. The molecule has 1 aliphatic heterocycles. The Bertz CT molecular complexity index is 1140. The molecule has 1 aromatic heterocycles. The summed E-state index contributed by atoms with van der Waals surface area (Å²) in [5, 5.41) is 3.45. The number of thioether (sulfide) groups is 1. The predicted molar refractivity (Wildman–Crippen MR) is 135 cm³/mol. The fraction of sp³-hybridized carbons (Fsp3) is 0.185. The van der Waals surface area contributed by atoms with Crippen LogP contribution in [0.25, 0.3) is 22.6 Å². The Balaban J connectivity index is 1.26. The molecule has 5 nitrogen and oxygen atoms in total. The van der Waals surface area contributed by atoms with Crippen LogP contribution in [0.15, 0.2) is 94.6 Å². The number of carbonyl (C=O) groups excluding carboxylic acids is 1. The Kier molecular flexibility index (Phi) is 6.44. The first-order valence-electron chi connectivity index (χ1n) is 11.2. The van der Waals surface area contributed by atoms with E-state index in [9.17, 15) is 4.79 Å². The molecule has 6 heteroatoms. The van der Waals surface area contributed by atoms with Gasteiger partial charge in [0.25, 0.3) is 5.22 Å². The van der Waals surface area contributed by atoms with E-state index in [-0.39, 0.29) is 11.7 Å². The summed E-state index contributed by atoms with van der Waals surface area (Å²) in [6, 6.07) is 27.9. The number of amides is 1. The number of carbonyl (C=O) groups is 1. The predicted octanol–water partition coefficient (Wildman–Crippen LogP) is 6.34. The molecule has 1 saturated heterocycles. The van der Waals surface area contributed by atoms with Gasteiger partial charge in [-0.3, -0.25) is 4.79 Å². The summed E-state index contributed by atoms with van der Waals surface area (Å²) in [7, 11) is 0. The van der Waals surface area contributed by atoms with Crippen LogP contribution < -0.4 is 10.2 Å². The molecule has 1 amide bonds. The van der Waals surface area contributed by atoms with E-state index in [4.69, 9.17) is 9.40 Å². The van der Waals surface area contributed by atoms with Gasteiger partial charge in [0.2, 0.25) is 5.91 Å². The van der Waals surface area contributed by atoms with Gasteiger partial charge in [0.1, 0.15) is 5.69 Å². The minimum absolute atomic E-state index is 0.0883. The quantitative estimate of drug-likeness (QED) is 0.330. The highest BCUT2D eigenvalue weighted by molar-refractivity contribution is 7.99. The molecule has 0 unspecified atom stereocenters. The van der Waals surface area contributed by atoms with Crippen LogP contribution in [0.4, 0.5) is 11.4 Å². The molecule has 4 aromatic rings. The second-order valence-electron chi connectivity index (χ2n) is 7.97. The molecule has 1 fully saturated rings. The second kappa shape index (κ2) is 9.96. The summed E-state index contributed by atoms with van der Waals surface area (Å²) in [6.45, 7) is 2.21. The van der Waals surface area contributed by atoms with Gasteiger partial charge in [0, 0.05) is 35.6 Å². The number of hydrogen-bond donors (Lipinski definition) is 1. The zero-order valence-corrected chi connectivity index (χ0v) is 19.1. The lowest BCUT2D eigenvalue weighted by Gasteiger charge is -2.17. The maximum Gasteiger partial charge on any atom is 0.257 e. The Morgan fingerprint density at radius 1 is 0.879 bits per heavy atom. The van der Waals surface area contributed by atoms with Crippen molar-refractivity contribution in [2.24, 2.45) is 0 Å². The number of hydrogen-bond acceptors (Lipinski definition) is 5. The average molecular weight is 456 g/mol. The maximum absolute atomic E-state index is 12.5. The SMILES string of the molecule is O=C(CSc1nc(-c2ccccc2)c(-c2ccccc2)o1)Nc1ccc(N2CCCC2)cc1. The summed E-state index contributed by atoms with van der Waals surface area (Å²) in [5.41, 5.74) is 4.72. The molecule has 0 saturated carbocycles. The molecule has 1 N–H and O–H groups in total. The van der Waals surface area contributed by atoms with Crippen molar-refractivity contribution in [3.05, 3.63) is 84.9 Å². The minimum Gasteiger partial charge on any atom is -0.431 e. The standard InChI is InChI=1S/C27H25N3O2S/c31-24(28-22-13-15-23(16-14-22)30-17-7-8-18-30)19-33-27-29-25(20-9-3-1-4-10-20)26(32-27)21-11-5-2-6-12-21/h1-6,9-16H,7-8,17-19H2,(H,28,31). The van der Waals surface area contributed by atoms with Crippen LogP contribution >= 0.6 is 11.8 Å². The first-order valence-corrected chi connectivity index (χ1v) is 12.1. The van der Waals surface area contributed by atoms with E-state index in [0.717, 1.165) is 35.6 Å². The molecule has 0 atom stereocenters. The monoisotopic (exact) mass is 455 g/mol. The van der Waals surface area contributed by atoms with E-state index in [1.807, 2.05) is 72.8 Å². The summed E-state index contributed by atoms with van der Waals surface area (Å²) >= 11 is 1.30. The fourth-order valence-electron chi connectivity index (χ4n) is 3.99. The lowest BCUT2D eigenvalue weighted by molar-refractivity contribution is -0.113. The summed E-state index contributed by atoms with van der Waals surface area (Å²) < 4.78 is 6.09. The number of nitrogens with zero attached hydrogens (tertiary/aromatic N) is 2. The molecule has 0 spiro atoms. The Morgan fingerprint density at radius 3 is 2.18 bits per heavy atom. The van der Waals surface area contributed by atoms with Gasteiger partial charge in [-0.1, -0.05) is 72.4 Å². The minimum atomic E-state index is -0.0883. The first-order chi connectivity index (χ1) is 16.3. The van der Waals surface area contributed by atoms with Crippen LogP contribution in [0, 0.1) is 0 Å². The van der Waals surface area contributed by atoms with Gasteiger partial charge in [-0.25, -0.2) is 4.98 Å². The van der Waals surface area contributed by atoms with Gasteiger partial charge in [-0.15, -0.1) is 0 Å². The molecule has 166 valence electrons. The molecule has 0 radical (unpaired) electrons. The van der Waals surface area contributed by atoms with Crippen molar-refractivity contribution in [3.63, 3.8) is 0 Å². The molecular formula is C27H25N3O2S. The van der Waals surface area contributed by atoms with Crippen molar-refractivity contribution in [1.82, 2.24) is 4.98 Å². The highest BCUT2D eigenvalue weighted by atomic mass is 32.2. The summed E-state index contributed by atoms with van der Waals surface area (Å²) in [4.78, 5) is 19.6. The van der Waals surface area contributed by atoms with Crippen molar-refractivity contribution in [2.75, 3.05) is 29.1 Å². The average Bonchev–Trinajstić information content (AvgIpc) is 3.55. The molecule has 33 heavy (non-hydrogen) atoms. The van der Waals surface area contributed by atoms with Crippen LogP contribution in [0.5, 0.6) is 0 Å². The molecule has 1 aliphatic rings. The normalized spacial score (nSPS) is 13.3. The molecule has 0 aliphatic carbocycles. The number of nitrogens with one attached hydrogen (secondary N) is 1. The number of benzene rings is 3. The first kappa shape index (κ1) is 21.3. The highest BCUT2D eigenvalue weighted by Gasteiger charge is 2.18. The number of anilines is 2. The molecule has 0 bridgehead atoms. The number of oxazole rings is 1. The highest BCUT2D eigenvalue weighted by Crippen LogP contribution is 2.35. The van der Waals surface area contributed by atoms with Gasteiger partial charge in [0.15, 0.2) is 5.76 Å². The van der Waals surface area contributed by atoms with E-state index in [2.05, 4.69) is 22.3 Å². The van der Waals surface area contributed by atoms with Gasteiger partial charge in [-0.05, 0) is 37.1 Å².